The quantitative estimate of drug-likeness (QED) is 0.178. The highest BCUT2D eigenvalue weighted by atomic mass is 16.3. The zero-order valence-corrected chi connectivity index (χ0v) is 32.4. The Labute approximate surface area is 320 Å². The van der Waals surface area contributed by atoms with E-state index in [-0.39, 0.29) is 17.3 Å². The first-order valence-electron chi connectivity index (χ1n) is 19.4. The van der Waals surface area contributed by atoms with Gasteiger partial charge >= 0.3 is 0 Å². The highest BCUT2D eigenvalue weighted by Crippen LogP contribution is 2.45. The number of para-hydroxylation sites is 1. The van der Waals surface area contributed by atoms with Gasteiger partial charge in [-0.1, -0.05) is 127 Å². The topological polar surface area (TPSA) is 57.0 Å². The van der Waals surface area contributed by atoms with Crippen molar-refractivity contribution in [3.8, 4) is 28.2 Å². The molecule has 0 spiro atoms. The Bertz CT molecular complexity index is 3100. The summed E-state index contributed by atoms with van der Waals surface area (Å²) in [5.74, 6) is 2.09. The van der Waals surface area contributed by atoms with E-state index in [4.69, 9.17) is 18.8 Å². The molecule has 5 nitrogen and oxygen atoms in total. The van der Waals surface area contributed by atoms with Crippen LogP contribution in [0.2, 0.25) is 0 Å². The van der Waals surface area contributed by atoms with Gasteiger partial charge in [0.1, 0.15) is 22.5 Å². The number of furan rings is 1. The van der Waals surface area contributed by atoms with E-state index in [0.717, 1.165) is 72.1 Å². The third-order valence-electron chi connectivity index (χ3n) is 11.2. The lowest BCUT2D eigenvalue weighted by atomic mass is 9.88. The Morgan fingerprint density at radius 3 is 2.02 bits per heavy atom. The highest BCUT2D eigenvalue weighted by Gasteiger charge is 2.27. The summed E-state index contributed by atoms with van der Waals surface area (Å²) in [7, 11) is 0. The van der Waals surface area contributed by atoms with Crippen LogP contribution < -0.4 is 0 Å². The summed E-state index contributed by atoms with van der Waals surface area (Å²) < 4.78 is 15.6. The van der Waals surface area contributed by atoms with Crippen LogP contribution in [0.25, 0.3) is 93.8 Å². The van der Waals surface area contributed by atoms with Crippen molar-refractivity contribution in [2.45, 2.75) is 65.7 Å². The molecule has 0 bridgehead atoms. The van der Waals surface area contributed by atoms with Crippen LogP contribution in [-0.2, 0) is 5.41 Å². The molecule has 0 N–H and O–H groups in total. The van der Waals surface area contributed by atoms with Crippen LogP contribution in [-0.4, -0.2) is 14.5 Å². The third kappa shape index (κ3) is 5.20. The maximum atomic E-state index is 6.96. The molecule has 270 valence electrons. The molecule has 0 saturated heterocycles. The maximum Gasteiger partial charge on any atom is 0.200 e. The van der Waals surface area contributed by atoms with Crippen LogP contribution in [0, 0.1) is 0 Å². The van der Waals surface area contributed by atoms with E-state index in [9.17, 15) is 0 Å². The van der Waals surface area contributed by atoms with Crippen LogP contribution in [0.3, 0.4) is 0 Å². The lowest BCUT2D eigenvalue weighted by Crippen LogP contribution is -2.10. The summed E-state index contributed by atoms with van der Waals surface area (Å²) in [6.07, 6.45) is 0. The summed E-state index contributed by atoms with van der Waals surface area (Å²) >= 11 is 0. The van der Waals surface area contributed by atoms with Gasteiger partial charge in [0, 0.05) is 27.0 Å². The van der Waals surface area contributed by atoms with Crippen LogP contribution in [0.1, 0.15) is 77.3 Å². The molecule has 55 heavy (non-hydrogen) atoms. The zero-order chi connectivity index (χ0) is 37.7. The number of fused-ring (bicyclic) bond motifs is 9. The molecule has 7 aromatic carbocycles. The second-order valence-corrected chi connectivity index (χ2v) is 16.6. The van der Waals surface area contributed by atoms with Gasteiger partial charge in [0.2, 0.25) is 5.89 Å². The number of hydrogen-bond acceptors (Lipinski definition) is 4. The van der Waals surface area contributed by atoms with Gasteiger partial charge in [0.05, 0.1) is 22.3 Å². The molecule has 3 aromatic heterocycles. The molecule has 3 heterocycles. The maximum absolute atomic E-state index is 6.96. The Hall–Kier alpha value is -6.20. The van der Waals surface area contributed by atoms with Crippen LogP contribution >= 0.6 is 0 Å². The number of oxazole rings is 1. The molecule has 0 amide bonds. The number of rotatable bonds is 5. The van der Waals surface area contributed by atoms with Gasteiger partial charge in [-0.25, -0.2) is 9.97 Å². The van der Waals surface area contributed by atoms with E-state index in [2.05, 4.69) is 168 Å². The predicted molar refractivity (Wildman–Crippen MR) is 229 cm³/mol. The molecule has 5 heteroatoms. The number of imidazole rings is 1. The summed E-state index contributed by atoms with van der Waals surface area (Å²) in [5, 5.41) is 6.59. The molecule has 0 atom stereocenters. The van der Waals surface area contributed by atoms with E-state index >= 15 is 0 Å². The molecule has 0 unspecified atom stereocenters. The molecular weight excluding hydrogens is 675 g/mol. The lowest BCUT2D eigenvalue weighted by molar-refractivity contribution is 0.411. The molecule has 0 radical (unpaired) electrons. The van der Waals surface area contributed by atoms with Crippen LogP contribution in [0.5, 0.6) is 0 Å². The number of aromatic nitrogens is 3. The number of hydrogen-bond donors (Lipinski definition) is 0. The largest absolute Gasteiger partial charge is 0.455 e. The Morgan fingerprint density at radius 2 is 1.27 bits per heavy atom. The van der Waals surface area contributed by atoms with Gasteiger partial charge in [-0.2, -0.15) is 0 Å². The Morgan fingerprint density at radius 1 is 0.564 bits per heavy atom. The summed E-state index contributed by atoms with van der Waals surface area (Å²) in [6.45, 7) is 15.6. The second-order valence-electron chi connectivity index (χ2n) is 16.6. The first-order chi connectivity index (χ1) is 26.5. The monoisotopic (exact) mass is 717 g/mol. The molecule has 0 aliphatic carbocycles. The Balaban J connectivity index is 1.30. The Kier molecular flexibility index (Phi) is 7.38. The first-order valence-corrected chi connectivity index (χ1v) is 19.4. The minimum absolute atomic E-state index is 0.201. The SMILES string of the molecule is CC(C)c1cc(-c2ccccc2)cc(C(C)C)c1-n1c(-c2cccc3c2oc2cc4c(ccc5oc(C(C)(C)C)nc54)cc23)nc2ccc3ccccc3c21. The fourth-order valence-electron chi connectivity index (χ4n) is 8.36. The van der Waals surface area contributed by atoms with E-state index in [1.807, 2.05) is 6.07 Å². The fourth-order valence-corrected chi connectivity index (χ4v) is 8.36. The van der Waals surface area contributed by atoms with Crippen molar-refractivity contribution in [2.75, 3.05) is 0 Å². The fraction of sp³-hybridized carbons (Fsp3) is 0.200. The van der Waals surface area contributed by atoms with Crippen molar-refractivity contribution in [1.29, 1.82) is 0 Å². The minimum Gasteiger partial charge on any atom is -0.455 e. The number of nitrogens with zero attached hydrogens (tertiary/aromatic N) is 3. The van der Waals surface area contributed by atoms with Crippen molar-refractivity contribution in [3.63, 3.8) is 0 Å². The van der Waals surface area contributed by atoms with Crippen molar-refractivity contribution >= 4 is 65.6 Å². The van der Waals surface area contributed by atoms with E-state index < -0.39 is 0 Å². The van der Waals surface area contributed by atoms with Crippen molar-refractivity contribution in [1.82, 2.24) is 14.5 Å². The van der Waals surface area contributed by atoms with Gasteiger partial charge in [0.25, 0.3) is 0 Å². The van der Waals surface area contributed by atoms with E-state index in [1.165, 1.54) is 38.7 Å². The van der Waals surface area contributed by atoms with Crippen LogP contribution in [0.4, 0.5) is 0 Å². The highest BCUT2D eigenvalue weighted by molar-refractivity contribution is 6.17. The van der Waals surface area contributed by atoms with Crippen molar-refractivity contribution in [3.05, 3.63) is 138 Å². The summed E-state index contributed by atoms with van der Waals surface area (Å²) in [4.78, 5) is 10.5. The average Bonchev–Trinajstić information content (AvgIpc) is 3.90. The van der Waals surface area contributed by atoms with E-state index in [0.29, 0.717) is 0 Å². The molecule has 0 fully saturated rings. The molecular formula is C50H43N3O2. The van der Waals surface area contributed by atoms with Crippen molar-refractivity contribution < 1.29 is 8.83 Å². The van der Waals surface area contributed by atoms with Gasteiger partial charge in [0.15, 0.2) is 5.58 Å². The average molecular weight is 718 g/mol. The van der Waals surface area contributed by atoms with Crippen LogP contribution in [0.15, 0.2) is 130 Å². The first kappa shape index (κ1) is 33.4. The smallest absolute Gasteiger partial charge is 0.200 e. The van der Waals surface area contributed by atoms with Gasteiger partial charge in [-0.3, -0.25) is 4.57 Å². The molecule has 10 rings (SSSR count). The van der Waals surface area contributed by atoms with E-state index in [1.54, 1.807) is 0 Å². The van der Waals surface area contributed by atoms with Gasteiger partial charge in [-0.05, 0) is 87.3 Å². The molecule has 0 aliphatic rings. The molecule has 0 aliphatic heterocycles. The third-order valence-corrected chi connectivity index (χ3v) is 11.2. The lowest BCUT2D eigenvalue weighted by Gasteiger charge is -2.24. The second kappa shape index (κ2) is 12.2. The van der Waals surface area contributed by atoms with Gasteiger partial charge < -0.3 is 8.83 Å². The zero-order valence-electron chi connectivity index (χ0n) is 32.4. The molecule has 10 aromatic rings. The minimum atomic E-state index is -0.201. The normalized spacial score (nSPS) is 12.6. The predicted octanol–water partition coefficient (Wildman–Crippen LogP) is 14.3. The summed E-state index contributed by atoms with van der Waals surface area (Å²) in [5.41, 5.74) is 12.3. The summed E-state index contributed by atoms with van der Waals surface area (Å²) in [6, 6.07) is 43.5. The number of benzene rings is 7. The molecule has 0 saturated carbocycles. The van der Waals surface area contributed by atoms with Gasteiger partial charge in [-0.15, -0.1) is 0 Å². The standard InChI is InChI=1S/C50H43N3O2/c1-28(2)37-25-33(30-14-9-8-10-15-30)26-38(29(3)4)45(37)53-46-34-17-12-11-16-31(34)20-22-41(46)51-48(53)36-19-13-18-35-40-24-32-21-23-42-44(52-49(55-42)50(5,6)7)39(32)27-43(40)54-47(35)36/h8-29H,1-7H3. The van der Waals surface area contributed by atoms with Crippen molar-refractivity contribution in [2.24, 2.45) is 0 Å².